The molecule has 8 heteroatoms. The zero-order valence-electron chi connectivity index (χ0n) is 39.1. The summed E-state index contributed by atoms with van der Waals surface area (Å²) in [7, 11) is 0. The van der Waals surface area contributed by atoms with Crippen LogP contribution in [-0.2, 0) is 26.2 Å². The van der Waals surface area contributed by atoms with Gasteiger partial charge in [-0.1, -0.05) is 120 Å². The Balaban J connectivity index is 0.00000228. The summed E-state index contributed by atoms with van der Waals surface area (Å²) in [5.74, 6) is 28.2. The standard InChI is InChI=1S/C62H54N4.4BrH/c1(17-37-63-41-33-51-21-9-13-29-59(51)47-63)5-25-55-45-57(27-7-3-19-39-65-43-35-53-23-11-15-31-61(53)49-65)58(28-8-4-20-40-66-44-36-54-24-12-16-32-62(54)50-66)46-56(55)26-6-2-18-38-64-42-34-52-22-10-14-30-60(52)48-64;;;;/h9-16,21-24,29-36,41-50H,1-4,17-20,37-40H2;4*1H/q+4;;;;/p-4. The van der Waals surface area contributed by atoms with Gasteiger partial charge in [0.05, 0.1) is 0 Å². The second-order valence-electron chi connectivity index (χ2n) is 16.8. The molecule has 0 saturated heterocycles. The van der Waals surface area contributed by atoms with Crippen LogP contribution in [0, 0.1) is 47.4 Å². The van der Waals surface area contributed by atoms with Crippen LogP contribution in [0.25, 0.3) is 43.1 Å². The SMILES string of the molecule is C(#Cc1cc(C#CCCC[n+]2ccc3ccccc3c2)c(C#CCCC[n+]2ccc3ccccc3c2)cc1C#CCCC[n+]1ccc2ccccc2c1)CCC[n+]1ccc2ccccc2c1.[Br-].[Br-].[Br-].[Br-]. The van der Waals surface area contributed by atoms with E-state index in [2.05, 4.69) is 249 Å². The van der Waals surface area contributed by atoms with Crippen molar-refractivity contribution in [2.24, 2.45) is 0 Å². The summed E-state index contributed by atoms with van der Waals surface area (Å²) in [6.07, 6.45) is 24.5. The van der Waals surface area contributed by atoms with Crippen molar-refractivity contribution in [3.8, 4) is 47.4 Å². The van der Waals surface area contributed by atoms with Crippen molar-refractivity contribution in [3.05, 3.63) is 205 Å². The highest BCUT2D eigenvalue weighted by Crippen LogP contribution is 2.18. The smallest absolute Gasteiger partial charge is 0.176 e. The Morgan fingerprint density at radius 3 is 0.714 bits per heavy atom. The number of hydrogen-bond acceptors (Lipinski definition) is 0. The molecule has 0 spiro atoms. The van der Waals surface area contributed by atoms with Crippen LogP contribution in [0.4, 0.5) is 0 Å². The third kappa shape index (κ3) is 15.4. The highest BCUT2D eigenvalue weighted by atomic mass is 79.9. The average Bonchev–Trinajstić information content (AvgIpc) is 3.36. The predicted octanol–water partition coefficient (Wildman–Crippen LogP) is -1.21. The fourth-order valence-electron chi connectivity index (χ4n) is 8.31. The normalized spacial score (nSPS) is 10.1. The first-order valence-corrected chi connectivity index (χ1v) is 23.4. The van der Waals surface area contributed by atoms with Crippen LogP contribution in [0.2, 0.25) is 0 Å². The largest absolute Gasteiger partial charge is 1.00 e. The van der Waals surface area contributed by atoms with Gasteiger partial charge in [0.2, 0.25) is 0 Å². The summed E-state index contributed by atoms with van der Waals surface area (Å²) >= 11 is 0. The van der Waals surface area contributed by atoms with E-state index in [-0.39, 0.29) is 67.9 Å². The highest BCUT2D eigenvalue weighted by Gasteiger charge is 2.09. The van der Waals surface area contributed by atoms with Gasteiger partial charge in [-0.2, -0.15) is 0 Å². The van der Waals surface area contributed by atoms with Crippen LogP contribution < -0.4 is 86.2 Å². The van der Waals surface area contributed by atoms with Crippen LogP contribution in [0.5, 0.6) is 0 Å². The van der Waals surface area contributed by atoms with Crippen molar-refractivity contribution < 1.29 is 86.2 Å². The van der Waals surface area contributed by atoms with Gasteiger partial charge in [0.15, 0.2) is 49.6 Å². The Bertz CT molecular complexity index is 2990. The molecule has 0 aliphatic carbocycles. The molecule has 4 heterocycles. The number of aryl methyl sites for hydroxylation is 4. The maximum Gasteiger partial charge on any atom is 0.176 e. The third-order valence-corrected chi connectivity index (χ3v) is 11.9. The molecule has 0 fully saturated rings. The van der Waals surface area contributed by atoms with Gasteiger partial charge >= 0.3 is 0 Å². The van der Waals surface area contributed by atoms with Crippen molar-refractivity contribution >= 4 is 43.1 Å². The summed E-state index contributed by atoms with van der Waals surface area (Å²) in [5, 5.41) is 10.0. The van der Waals surface area contributed by atoms with E-state index >= 15 is 0 Å². The van der Waals surface area contributed by atoms with Gasteiger partial charge < -0.3 is 67.9 Å². The first-order valence-electron chi connectivity index (χ1n) is 23.4. The molecule has 9 rings (SSSR count). The predicted molar refractivity (Wildman–Crippen MR) is 267 cm³/mol. The monoisotopic (exact) mass is 1170 g/mol. The molecule has 5 aromatic carbocycles. The summed E-state index contributed by atoms with van der Waals surface area (Å²) in [4.78, 5) is 0. The molecule has 350 valence electrons. The molecule has 0 amide bonds. The van der Waals surface area contributed by atoms with E-state index in [1.165, 1.54) is 43.1 Å². The number of benzene rings is 5. The first kappa shape index (κ1) is 54.8. The van der Waals surface area contributed by atoms with Gasteiger partial charge in [0, 0.05) is 119 Å². The summed E-state index contributed by atoms with van der Waals surface area (Å²) in [5.41, 5.74) is 3.66. The number of fused-ring (bicyclic) bond motifs is 4. The summed E-state index contributed by atoms with van der Waals surface area (Å²) in [6, 6.07) is 47.0. The summed E-state index contributed by atoms with van der Waals surface area (Å²) in [6.45, 7) is 3.63. The van der Waals surface area contributed by atoms with Gasteiger partial charge in [-0.15, -0.1) is 0 Å². The van der Waals surface area contributed by atoms with Gasteiger partial charge in [-0.05, 0) is 57.9 Å². The van der Waals surface area contributed by atoms with Gasteiger partial charge in [-0.25, -0.2) is 18.3 Å². The number of hydrogen-bond donors (Lipinski definition) is 0. The van der Waals surface area contributed by atoms with Crippen molar-refractivity contribution in [1.82, 2.24) is 0 Å². The zero-order valence-corrected chi connectivity index (χ0v) is 45.5. The maximum atomic E-state index is 3.54. The van der Waals surface area contributed by atoms with Crippen LogP contribution in [0.15, 0.2) is 183 Å². The van der Waals surface area contributed by atoms with E-state index in [1.54, 1.807) is 0 Å². The molecule has 70 heavy (non-hydrogen) atoms. The quantitative estimate of drug-likeness (QED) is 0.0832. The van der Waals surface area contributed by atoms with Crippen molar-refractivity contribution in [2.45, 2.75) is 77.5 Å². The fraction of sp³-hybridized carbons (Fsp3) is 0.194. The van der Waals surface area contributed by atoms with E-state index in [0.29, 0.717) is 0 Å². The lowest BCUT2D eigenvalue weighted by Crippen LogP contribution is -3.00. The van der Waals surface area contributed by atoms with E-state index in [4.69, 9.17) is 0 Å². The molecular formula is C62H54Br4N4. The van der Waals surface area contributed by atoms with Crippen LogP contribution in [-0.4, -0.2) is 0 Å². The number of rotatable bonds is 12. The molecule has 0 saturated carbocycles. The minimum absolute atomic E-state index is 0. The van der Waals surface area contributed by atoms with E-state index in [0.717, 1.165) is 99.8 Å². The lowest BCUT2D eigenvalue weighted by Gasteiger charge is -2.04. The topological polar surface area (TPSA) is 15.5 Å². The number of aromatic nitrogens is 4. The van der Waals surface area contributed by atoms with Crippen LogP contribution >= 0.6 is 0 Å². The van der Waals surface area contributed by atoms with Crippen LogP contribution in [0.3, 0.4) is 0 Å². The Hall–Kier alpha value is -6.10. The Kier molecular flexibility index (Phi) is 22.4. The van der Waals surface area contributed by atoms with Crippen molar-refractivity contribution in [1.29, 1.82) is 0 Å². The second-order valence-corrected chi connectivity index (χ2v) is 16.8. The molecule has 0 unspecified atom stereocenters. The third-order valence-electron chi connectivity index (χ3n) is 11.9. The molecule has 0 bridgehead atoms. The minimum Gasteiger partial charge on any atom is -1.00 e. The molecule has 0 aliphatic rings. The maximum absolute atomic E-state index is 3.54. The summed E-state index contributed by atoms with van der Waals surface area (Å²) < 4.78 is 9.04. The first-order chi connectivity index (χ1) is 32.7. The number of halogens is 4. The molecule has 0 N–H and O–H groups in total. The molecule has 9 aromatic rings. The average molecular weight is 1170 g/mol. The Morgan fingerprint density at radius 2 is 0.486 bits per heavy atom. The molecule has 0 radical (unpaired) electrons. The molecule has 4 nitrogen and oxygen atoms in total. The Morgan fingerprint density at radius 1 is 0.271 bits per heavy atom. The van der Waals surface area contributed by atoms with E-state index in [1.807, 2.05) is 0 Å². The lowest BCUT2D eigenvalue weighted by molar-refractivity contribution is -0.696. The van der Waals surface area contributed by atoms with Crippen molar-refractivity contribution in [3.63, 3.8) is 0 Å². The van der Waals surface area contributed by atoms with Gasteiger partial charge in [0.25, 0.3) is 0 Å². The number of unbranched alkanes of at least 4 members (excludes halogenated alkanes) is 4. The zero-order chi connectivity index (χ0) is 44.6. The minimum atomic E-state index is 0. The van der Waals surface area contributed by atoms with Crippen LogP contribution in [0.1, 0.15) is 73.6 Å². The molecular weight excluding hydrogens is 1120 g/mol. The lowest BCUT2D eigenvalue weighted by atomic mass is 9.98. The molecule has 0 aliphatic heterocycles. The van der Waals surface area contributed by atoms with E-state index in [9.17, 15) is 0 Å². The number of nitrogens with zero attached hydrogens (tertiary/aromatic N) is 4. The Labute approximate surface area is 455 Å². The van der Waals surface area contributed by atoms with E-state index < -0.39 is 0 Å². The highest BCUT2D eigenvalue weighted by molar-refractivity contribution is 5.82. The number of pyridine rings is 4. The fourth-order valence-corrected chi connectivity index (χ4v) is 8.31. The van der Waals surface area contributed by atoms with Gasteiger partial charge in [-0.3, -0.25) is 0 Å². The molecule has 0 atom stereocenters. The van der Waals surface area contributed by atoms with Gasteiger partial charge in [0.1, 0.15) is 26.2 Å². The molecule has 4 aromatic heterocycles. The van der Waals surface area contributed by atoms with Crippen molar-refractivity contribution in [2.75, 3.05) is 0 Å². The second kappa shape index (κ2) is 28.5.